The molecule has 1 aliphatic carbocycles. The molecule has 0 unspecified atom stereocenters. The van der Waals surface area contributed by atoms with E-state index in [2.05, 4.69) is 4.74 Å². The number of esters is 1. The zero-order valence-corrected chi connectivity index (χ0v) is 7.00. The lowest BCUT2D eigenvalue weighted by Crippen LogP contribution is -2.59. The highest BCUT2D eigenvalue weighted by Gasteiger charge is 2.68. The van der Waals surface area contributed by atoms with Gasteiger partial charge in [-0.2, -0.15) is 0 Å². The van der Waals surface area contributed by atoms with E-state index in [0.29, 0.717) is 0 Å². The van der Waals surface area contributed by atoms with Gasteiger partial charge in [-0.25, -0.2) is 0 Å². The van der Waals surface area contributed by atoms with Crippen molar-refractivity contribution in [2.24, 2.45) is 5.41 Å². The van der Waals surface area contributed by atoms with Gasteiger partial charge >= 0.3 is 5.97 Å². The van der Waals surface area contributed by atoms with Crippen LogP contribution in [0.2, 0.25) is 0 Å². The maximum absolute atomic E-state index is 11.3. The molecule has 0 amide bonds. The van der Waals surface area contributed by atoms with Gasteiger partial charge in [-0.3, -0.25) is 4.79 Å². The lowest BCUT2D eigenvalue weighted by Gasteiger charge is -2.41. The summed E-state index contributed by atoms with van der Waals surface area (Å²) >= 11 is 0. The van der Waals surface area contributed by atoms with E-state index < -0.39 is 11.0 Å². The molecular weight excluding hydrogens is 160 g/mol. The third kappa shape index (κ3) is 0.765. The zero-order chi connectivity index (χ0) is 8.82. The van der Waals surface area contributed by atoms with Crippen LogP contribution >= 0.6 is 0 Å². The highest BCUT2D eigenvalue weighted by molar-refractivity contribution is 5.81. The summed E-state index contributed by atoms with van der Waals surface area (Å²) in [7, 11) is 1.35. The number of carbonyl (C=O) groups excluding carboxylic acids is 1. The molecule has 0 aromatic carbocycles. The predicted molar refractivity (Wildman–Crippen MR) is 39.5 cm³/mol. The molecule has 1 N–H and O–H groups in total. The maximum Gasteiger partial charge on any atom is 0.314 e. The van der Waals surface area contributed by atoms with Gasteiger partial charge in [0, 0.05) is 0 Å². The van der Waals surface area contributed by atoms with Gasteiger partial charge in [-0.1, -0.05) is 0 Å². The quantitative estimate of drug-likeness (QED) is 0.581. The summed E-state index contributed by atoms with van der Waals surface area (Å²) in [5.41, 5.74) is -1.58. The van der Waals surface area contributed by atoms with E-state index in [1.165, 1.54) is 7.11 Å². The Morgan fingerprint density at radius 1 is 1.50 bits per heavy atom. The molecule has 0 aromatic heterocycles. The Labute approximate surface area is 70.5 Å². The first kappa shape index (κ1) is 8.01. The van der Waals surface area contributed by atoms with Crippen molar-refractivity contribution in [2.45, 2.75) is 18.4 Å². The summed E-state index contributed by atoms with van der Waals surface area (Å²) in [6, 6.07) is 0. The van der Waals surface area contributed by atoms with Crippen molar-refractivity contribution in [3.05, 3.63) is 0 Å². The monoisotopic (exact) mass is 172 g/mol. The van der Waals surface area contributed by atoms with Crippen molar-refractivity contribution >= 4 is 5.97 Å². The molecule has 0 radical (unpaired) electrons. The summed E-state index contributed by atoms with van der Waals surface area (Å²) in [4.78, 5) is 11.3. The Balaban J connectivity index is 2.15. The number of ether oxygens (including phenoxy) is 2. The van der Waals surface area contributed by atoms with Crippen LogP contribution in [0.5, 0.6) is 0 Å². The van der Waals surface area contributed by atoms with E-state index in [9.17, 15) is 9.90 Å². The average molecular weight is 172 g/mol. The topological polar surface area (TPSA) is 55.8 Å². The van der Waals surface area contributed by atoms with Crippen LogP contribution in [-0.2, 0) is 14.3 Å². The molecule has 0 atom stereocenters. The van der Waals surface area contributed by atoms with Crippen molar-refractivity contribution in [2.75, 3.05) is 20.3 Å². The fraction of sp³-hybridized carbons (Fsp3) is 0.875. The van der Waals surface area contributed by atoms with Crippen molar-refractivity contribution < 1.29 is 19.4 Å². The molecule has 12 heavy (non-hydrogen) atoms. The molecule has 0 aromatic rings. The molecule has 2 rings (SSSR count). The van der Waals surface area contributed by atoms with E-state index in [0.717, 1.165) is 12.8 Å². The summed E-state index contributed by atoms with van der Waals surface area (Å²) in [5.74, 6) is -0.298. The lowest BCUT2D eigenvalue weighted by molar-refractivity contribution is -0.223. The summed E-state index contributed by atoms with van der Waals surface area (Å²) < 4.78 is 9.55. The number of hydrogen-bond acceptors (Lipinski definition) is 4. The third-order valence-electron chi connectivity index (χ3n) is 2.90. The van der Waals surface area contributed by atoms with E-state index in [1.807, 2.05) is 0 Å². The lowest BCUT2D eigenvalue weighted by atomic mass is 9.82. The van der Waals surface area contributed by atoms with Crippen LogP contribution in [0.25, 0.3) is 0 Å². The zero-order valence-electron chi connectivity index (χ0n) is 7.00. The van der Waals surface area contributed by atoms with Gasteiger partial charge in [0.25, 0.3) is 0 Å². The smallest absolute Gasteiger partial charge is 0.314 e. The highest BCUT2D eigenvalue weighted by atomic mass is 16.6. The minimum absolute atomic E-state index is 0.266. The largest absolute Gasteiger partial charge is 0.469 e. The van der Waals surface area contributed by atoms with Crippen LogP contribution in [0.15, 0.2) is 0 Å². The van der Waals surface area contributed by atoms with Crippen LogP contribution in [0, 0.1) is 5.41 Å². The molecule has 1 aliphatic heterocycles. The first-order chi connectivity index (χ1) is 5.65. The maximum atomic E-state index is 11.3. The molecule has 0 spiro atoms. The van der Waals surface area contributed by atoms with Crippen molar-refractivity contribution in [3.63, 3.8) is 0 Å². The second-order valence-electron chi connectivity index (χ2n) is 3.60. The van der Waals surface area contributed by atoms with Gasteiger partial charge in [-0.15, -0.1) is 0 Å². The Morgan fingerprint density at radius 2 is 2.08 bits per heavy atom. The standard InChI is InChI=1S/C8H12O4/c1-11-6(9)7(2-3-7)8(10)4-12-5-8/h10H,2-5H2,1H3. The molecule has 1 saturated heterocycles. The van der Waals surface area contributed by atoms with Crippen molar-refractivity contribution in [1.82, 2.24) is 0 Å². The first-order valence-electron chi connectivity index (χ1n) is 4.03. The fourth-order valence-electron chi connectivity index (χ4n) is 1.75. The van der Waals surface area contributed by atoms with Gasteiger partial charge in [-0.05, 0) is 12.8 Å². The van der Waals surface area contributed by atoms with Gasteiger partial charge in [0.05, 0.1) is 20.3 Å². The van der Waals surface area contributed by atoms with Gasteiger partial charge in [0.2, 0.25) is 0 Å². The van der Waals surface area contributed by atoms with Crippen LogP contribution in [0.4, 0.5) is 0 Å². The Hall–Kier alpha value is -0.610. The number of aliphatic hydroxyl groups is 1. The minimum atomic E-state index is -0.944. The van der Waals surface area contributed by atoms with E-state index in [1.54, 1.807) is 0 Å². The second kappa shape index (κ2) is 2.20. The fourth-order valence-corrected chi connectivity index (χ4v) is 1.75. The predicted octanol–water partition coefficient (Wildman–Crippen LogP) is -0.299. The van der Waals surface area contributed by atoms with Crippen LogP contribution in [0.3, 0.4) is 0 Å². The van der Waals surface area contributed by atoms with Crippen LogP contribution in [0.1, 0.15) is 12.8 Å². The van der Waals surface area contributed by atoms with Crippen molar-refractivity contribution in [1.29, 1.82) is 0 Å². The molecule has 68 valence electrons. The normalized spacial score (nSPS) is 28.8. The van der Waals surface area contributed by atoms with Gasteiger partial charge in [0.1, 0.15) is 11.0 Å². The molecule has 1 heterocycles. The molecule has 2 aliphatic rings. The SMILES string of the molecule is COC(=O)C1(C2(O)COC2)CC1. The Morgan fingerprint density at radius 3 is 2.33 bits per heavy atom. The first-order valence-corrected chi connectivity index (χ1v) is 4.03. The molecular formula is C8H12O4. The summed E-state index contributed by atoms with van der Waals surface area (Å²) in [6.45, 7) is 0.532. The highest BCUT2D eigenvalue weighted by Crippen LogP contribution is 2.57. The molecule has 4 nitrogen and oxygen atoms in total. The molecule has 0 bridgehead atoms. The molecule has 2 fully saturated rings. The summed E-state index contributed by atoms with van der Waals surface area (Å²) in [6.07, 6.45) is 1.44. The van der Waals surface area contributed by atoms with E-state index in [-0.39, 0.29) is 19.2 Å². The van der Waals surface area contributed by atoms with Crippen LogP contribution < -0.4 is 0 Å². The van der Waals surface area contributed by atoms with E-state index in [4.69, 9.17) is 4.74 Å². The molecule has 1 saturated carbocycles. The second-order valence-corrected chi connectivity index (χ2v) is 3.60. The summed E-state index contributed by atoms with van der Waals surface area (Å²) in [5, 5.41) is 9.88. The third-order valence-corrected chi connectivity index (χ3v) is 2.90. The average Bonchev–Trinajstić information content (AvgIpc) is 2.79. The van der Waals surface area contributed by atoms with Gasteiger partial charge in [0.15, 0.2) is 0 Å². The Kier molecular flexibility index (Phi) is 1.47. The van der Waals surface area contributed by atoms with Crippen molar-refractivity contribution in [3.8, 4) is 0 Å². The minimum Gasteiger partial charge on any atom is -0.469 e. The number of rotatable bonds is 2. The van der Waals surface area contributed by atoms with Gasteiger partial charge < -0.3 is 14.6 Å². The molecule has 4 heteroatoms. The number of carbonyl (C=O) groups is 1. The van der Waals surface area contributed by atoms with E-state index >= 15 is 0 Å². The Bertz CT molecular complexity index is 215. The van der Waals surface area contributed by atoms with Crippen LogP contribution in [-0.4, -0.2) is 37.0 Å². The number of methoxy groups -OCH3 is 1. The number of hydrogen-bond donors (Lipinski definition) is 1.